The topological polar surface area (TPSA) is 61.4 Å². The van der Waals surface area contributed by atoms with Crippen LogP contribution in [-0.2, 0) is 0 Å². The lowest BCUT2D eigenvalue weighted by molar-refractivity contribution is 0.0341. The Balaban J connectivity index is 1.39. The lowest BCUT2D eigenvalue weighted by atomic mass is 9.79. The molecule has 0 atom stereocenters. The summed E-state index contributed by atoms with van der Waals surface area (Å²) >= 11 is 1.45. The molecule has 2 aliphatic rings. The van der Waals surface area contributed by atoms with Crippen molar-refractivity contribution < 1.29 is 4.79 Å². The van der Waals surface area contributed by atoms with Gasteiger partial charge in [-0.2, -0.15) is 0 Å². The van der Waals surface area contributed by atoms with E-state index in [9.17, 15) is 4.79 Å². The van der Waals surface area contributed by atoms with Crippen molar-refractivity contribution in [2.24, 2.45) is 5.41 Å². The molecule has 2 aromatic rings. The molecule has 6 nitrogen and oxygen atoms in total. The van der Waals surface area contributed by atoms with Gasteiger partial charge in [-0.15, -0.1) is 11.3 Å². The van der Waals surface area contributed by atoms with Gasteiger partial charge >= 0.3 is 6.03 Å². The van der Waals surface area contributed by atoms with E-state index in [0.717, 1.165) is 43.9 Å². The van der Waals surface area contributed by atoms with Crippen molar-refractivity contribution in [1.29, 1.82) is 0 Å². The summed E-state index contributed by atoms with van der Waals surface area (Å²) in [6.07, 6.45) is 4.61. The van der Waals surface area contributed by atoms with Crippen molar-refractivity contribution in [1.82, 2.24) is 19.8 Å². The second kappa shape index (κ2) is 5.58. The first-order valence-electron chi connectivity index (χ1n) is 7.74. The summed E-state index contributed by atoms with van der Waals surface area (Å²) in [7, 11) is 2.13. The van der Waals surface area contributed by atoms with Gasteiger partial charge in [0.2, 0.25) is 0 Å². The average Bonchev–Trinajstić information content (AvgIpc) is 3.15. The second-order valence-electron chi connectivity index (χ2n) is 6.55. The Kier molecular flexibility index (Phi) is 3.54. The van der Waals surface area contributed by atoms with E-state index in [-0.39, 0.29) is 6.03 Å². The summed E-state index contributed by atoms with van der Waals surface area (Å²) < 4.78 is 0. The fourth-order valence-corrected chi connectivity index (χ4v) is 4.32. The summed E-state index contributed by atoms with van der Waals surface area (Å²) in [5, 5.41) is 5.51. The number of carbonyl (C=O) groups is 1. The third-order valence-corrected chi connectivity index (χ3v) is 5.37. The van der Waals surface area contributed by atoms with Gasteiger partial charge in [0.05, 0.1) is 5.69 Å². The van der Waals surface area contributed by atoms with E-state index >= 15 is 0 Å². The third-order valence-electron chi connectivity index (χ3n) is 4.61. The number of carbonyl (C=O) groups excluding carboxylic acids is 1. The number of rotatable bonds is 2. The quantitative estimate of drug-likeness (QED) is 0.919. The molecule has 2 saturated heterocycles. The maximum Gasteiger partial charge on any atom is 0.323 e. The zero-order valence-electron chi connectivity index (χ0n) is 13.0. The molecule has 2 fully saturated rings. The molecule has 0 unspecified atom stereocenters. The molecule has 2 amide bonds. The summed E-state index contributed by atoms with van der Waals surface area (Å²) in [4.78, 5) is 25.2. The van der Waals surface area contributed by atoms with Crippen LogP contribution >= 0.6 is 11.3 Å². The van der Waals surface area contributed by atoms with Crippen LogP contribution in [0.2, 0.25) is 0 Å². The number of hydrogen-bond acceptors (Lipinski definition) is 5. The SMILES string of the molecule is CN1CC2(CCN(C(=O)Nc3nc(-c4cccnc4)cs3)C2)C1. The Morgan fingerprint density at radius 2 is 2.26 bits per heavy atom. The van der Waals surface area contributed by atoms with Crippen LogP contribution in [0.15, 0.2) is 29.9 Å². The van der Waals surface area contributed by atoms with Crippen LogP contribution in [0.5, 0.6) is 0 Å². The smallest absolute Gasteiger partial charge is 0.323 e. The number of aromatic nitrogens is 2. The molecule has 1 N–H and O–H groups in total. The van der Waals surface area contributed by atoms with Gasteiger partial charge < -0.3 is 9.80 Å². The number of nitrogens with zero attached hydrogens (tertiary/aromatic N) is 4. The molecule has 1 spiro atoms. The zero-order valence-corrected chi connectivity index (χ0v) is 13.8. The molecule has 2 aliphatic heterocycles. The molecule has 23 heavy (non-hydrogen) atoms. The van der Waals surface area contributed by atoms with E-state index in [4.69, 9.17) is 0 Å². The predicted molar refractivity (Wildman–Crippen MR) is 90.5 cm³/mol. The molecular weight excluding hydrogens is 310 g/mol. The number of urea groups is 1. The summed E-state index contributed by atoms with van der Waals surface area (Å²) in [5.74, 6) is 0. The number of pyridine rings is 1. The third kappa shape index (κ3) is 2.82. The van der Waals surface area contributed by atoms with Crippen molar-refractivity contribution in [2.75, 3.05) is 38.5 Å². The Bertz CT molecular complexity index is 710. The summed E-state index contributed by atoms with van der Waals surface area (Å²) in [5.41, 5.74) is 2.13. The lowest BCUT2D eigenvalue weighted by Crippen LogP contribution is -2.55. The van der Waals surface area contributed by atoms with Gasteiger partial charge in [-0.3, -0.25) is 10.3 Å². The molecule has 0 radical (unpaired) electrons. The van der Waals surface area contributed by atoms with Crippen molar-refractivity contribution in [2.45, 2.75) is 6.42 Å². The summed E-state index contributed by atoms with van der Waals surface area (Å²) in [6.45, 7) is 3.88. The number of anilines is 1. The van der Waals surface area contributed by atoms with E-state index in [0.29, 0.717) is 10.5 Å². The minimum atomic E-state index is -0.0384. The van der Waals surface area contributed by atoms with Crippen LogP contribution in [0.25, 0.3) is 11.3 Å². The van der Waals surface area contributed by atoms with E-state index in [1.807, 2.05) is 22.4 Å². The van der Waals surface area contributed by atoms with Crippen LogP contribution in [0.1, 0.15) is 6.42 Å². The first-order valence-corrected chi connectivity index (χ1v) is 8.62. The minimum absolute atomic E-state index is 0.0384. The lowest BCUT2D eigenvalue weighted by Gasteiger charge is -2.46. The predicted octanol–water partition coefficient (Wildman–Crippen LogP) is 2.37. The molecular formula is C16H19N5OS. The average molecular weight is 329 g/mol. The molecule has 2 aromatic heterocycles. The number of likely N-dealkylation sites (tertiary alicyclic amines) is 2. The standard InChI is InChI=1S/C16H19N5OS/c1-20-9-16(10-20)4-6-21(11-16)15(22)19-14-18-13(8-23-14)12-3-2-5-17-7-12/h2-3,5,7-8H,4,6,9-11H2,1H3,(H,18,19,22). The monoisotopic (exact) mass is 329 g/mol. The van der Waals surface area contributed by atoms with E-state index < -0.39 is 0 Å². The molecule has 120 valence electrons. The summed E-state index contributed by atoms with van der Waals surface area (Å²) in [6, 6.07) is 3.81. The second-order valence-corrected chi connectivity index (χ2v) is 7.41. The van der Waals surface area contributed by atoms with Gasteiger partial charge in [-0.05, 0) is 25.6 Å². The van der Waals surface area contributed by atoms with Crippen LogP contribution in [0.3, 0.4) is 0 Å². The minimum Gasteiger partial charge on any atom is -0.324 e. The van der Waals surface area contributed by atoms with Crippen molar-refractivity contribution in [3.63, 3.8) is 0 Å². The molecule has 0 aromatic carbocycles. The zero-order chi connectivity index (χ0) is 15.9. The number of nitrogens with one attached hydrogen (secondary N) is 1. The van der Waals surface area contributed by atoms with Gasteiger partial charge in [-0.1, -0.05) is 0 Å². The highest BCUT2D eigenvalue weighted by atomic mass is 32.1. The van der Waals surface area contributed by atoms with Crippen molar-refractivity contribution in [3.8, 4) is 11.3 Å². The molecule has 7 heteroatoms. The molecule has 4 rings (SSSR count). The largest absolute Gasteiger partial charge is 0.324 e. The number of amides is 2. The van der Waals surface area contributed by atoms with Crippen molar-refractivity contribution in [3.05, 3.63) is 29.9 Å². The molecule has 0 bridgehead atoms. The highest BCUT2D eigenvalue weighted by Gasteiger charge is 2.47. The normalized spacial score (nSPS) is 19.8. The Hall–Kier alpha value is -1.99. The first kappa shape index (κ1) is 14.6. The van der Waals surface area contributed by atoms with Crippen LogP contribution in [-0.4, -0.2) is 59.0 Å². The van der Waals surface area contributed by atoms with Gasteiger partial charge in [-0.25, -0.2) is 9.78 Å². The fraction of sp³-hybridized carbons (Fsp3) is 0.438. The highest BCUT2D eigenvalue weighted by molar-refractivity contribution is 7.14. The first-order chi connectivity index (χ1) is 11.1. The van der Waals surface area contributed by atoms with Gasteiger partial charge in [0.15, 0.2) is 5.13 Å². The van der Waals surface area contributed by atoms with E-state index in [1.165, 1.54) is 11.3 Å². The van der Waals surface area contributed by atoms with E-state index in [1.54, 1.807) is 12.4 Å². The van der Waals surface area contributed by atoms with Crippen LogP contribution < -0.4 is 5.32 Å². The Morgan fingerprint density at radius 3 is 3.00 bits per heavy atom. The highest BCUT2D eigenvalue weighted by Crippen LogP contribution is 2.38. The Labute approximate surface area is 139 Å². The van der Waals surface area contributed by atoms with Gasteiger partial charge in [0.25, 0.3) is 0 Å². The van der Waals surface area contributed by atoms with Crippen LogP contribution in [0, 0.1) is 5.41 Å². The Morgan fingerprint density at radius 1 is 1.39 bits per heavy atom. The van der Waals surface area contributed by atoms with Gasteiger partial charge in [0.1, 0.15) is 0 Å². The maximum atomic E-state index is 12.4. The number of thiazole rings is 1. The molecule has 0 aliphatic carbocycles. The molecule has 0 saturated carbocycles. The van der Waals surface area contributed by atoms with Gasteiger partial charge in [0, 0.05) is 54.9 Å². The van der Waals surface area contributed by atoms with Crippen LogP contribution in [0.4, 0.5) is 9.93 Å². The van der Waals surface area contributed by atoms with Crippen molar-refractivity contribution >= 4 is 22.5 Å². The maximum absolute atomic E-state index is 12.4. The fourth-order valence-electron chi connectivity index (χ4n) is 3.61. The molecule has 4 heterocycles. The van der Waals surface area contributed by atoms with E-state index in [2.05, 4.69) is 27.2 Å². The number of hydrogen-bond donors (Lipinski definition) is 1.